The highest BCUT2D eigenvalue weighted by Gasteiger charge is 2.09. The molecule has 4 rings (SSSR count). The number of benzene rings is 3. The molecule has 0 aliphatic heterocycles. The molecule has 3 aromatic carbocycles. The summed E-state index contributed by atoms with van der Waals surface area (Å²) in [6.45, 7) is 0. The first-order valence-corrected chi connectivity index (χ1v) is 9.93. The number of hydrogen-bond donors (Lipinski definition) is 0. The van der Waals surface area contributed by atoms with Crippen LogP contribution < -0.4 is 4.74 Å². The zero-order valence-corrected chi connectivity index (χ0v) is 17.2. The van der Waals surface area contributed by atoms with Gasteiger partial charge in [-0.1, -0.05) is 35.9 Å². The Morgan fingerprint density at radius 1 is 0.871 bits per heavy atom. The van der Waals surface area contributed by atoms with E-state index < -0.39 is 5.97 Å². The molecule has 0 N–H and O–H groups in total. The van der Waals surface area contributed by atoms with Crippen molar-refractivity contribution in [3.8, 4) is 17.5 Å². The summed E-state index contributed by atoms with van der Waals surface area (Å²) in [6.07, 6.45) is 5.65. The Kier molecular flexibility index (Phi) is 5.98. The summed E-state index contributed by atoms with van der Waals surface area (Å²) in [5, 5.41) is 10.1. The molecule has 0 aliphatic rings. The average molecular weight is 425 g/mol. The summed E-state index contributed by atoms with van der Waals surface area (Å²) in [5.74, 6) is 0.00265. The van der Waals surface area contributed by atoms with Gasteiger partial charge in [0.15, 0.2) is 0 Å². The topological polar surface area (TPSA) is 55.0 Å². The van der Waals surface area contributed by atoms with Gasteiger partial charge in [0, 0.05) is 23.1 Å². The molecule has 1 aromatic heterocycles. The van der Waals surface area contributed by atoms with Crippen molar-refractivity contribution in [2.24, 2.45) is 0 Å². The van der Waals surface area contributed by atoms with Gasteiger partial charge in [-0.3, -0.25) is 0 Å². The molecule has 1 heterocycles. The van der Waals surface area contributed by atoms with Crippen LogP contribution in [0.5, 0.6) is 5.75 Å². The van der Waals surface area contributed by atoms with Crippen LogP contribution in [-0.2, 0) is 0 Å². The molecule has 0 aliphatic carbocycles. The molecule has 0 atom stereocenters. The van der Waals surface area contributed by atoms with Crippen molar-refractivity contribution >= 4 is 29.2 Å². The maximum atomic E-state index is 12.4. The number of nitrogens with zero attached hydrogens (tertiary/aromatic N) is 2. The largest absolute Gasteiger partial charge is 0.423 e. The summed E-state index contributed by atoms with van der Waals surface area (Å²) >= 11 is 5.91. The Morgan fingerprint density at radius 2 is 1.48 bits per heavy atom. The second-order valence-corrected chi connectivity index (χ2v) is 7.21. The lowest BCUT2D eigenvalue weighted by Crippen LogP contribution is -2.08. The van der Waals surface area contributed by atoms with E-state index in [9.17, 15) is 10.1 Å². The first-order valence-electron chi connectivity index (χ1n) is 9.56. The first kappa shape index (κ1) is 20.2. The third kappa shape index (κ3) is 4.92. The van der Waals surface area contributed by atoms with E-state index in [1.54, 1.807) is 66.7 Å². The smallest absolute Gasteiger partial charge is 0.343 e. The predicted octanol–water partition coefficient (Wildman–Crippen LogP) is 6.41. The monoisotopic (exact) mass is 424 g/mol. The number of hydrogen-bond acceptors (Lipinski definition) is 3. The second-order valence-electron chi connectivity index (χ2n) is 6.77. The Morgan fingerprint density at radius 3 is 2.10 bits per heavy atom. The van der Waals surface area contributed by atoms with Crippen LogP contribution in [0.25, 0.3) is 17.3 Å². The molecule has 0 amide bonds. The summed E-state index contributed by atoms with van der Waals surface area (Å²) in [7, 11) is 0. The lowest BCUT2D eigenvalue weighted by Gasteiger charge is -2.07. The van der Waals surface area contributed by atoms with Gasteiger partial charge in [0.05, 0.1) is 17.2 Å². The van der Waals surface area contributed by atoms with E-state index in [0.29, 0.717) is 21.9 Å². The van der Waals surface area contributed by atoms with Crippen LogP contribution in [0.1, 0.15) is 21.5 Å². The third-order valence-electron chi connectivity index (χ3n) is 4.68. The second kappa shape index (κ2) is 9.17. The fourth-order valence-electron chi connectivity index (χ4n) is 3.05. The Bertz CT molecular complexity index is 1250. The van der Waals surface area contributed by atoms with Crippen LogP contribution in [0.4, 0.5) is 0 Å². The molecule has 0 fully saturated rings. The zero-order valence-electron chi connectivity index (χ0n) is 16.4. The summed E-state index contributed by atoms with van der Waals surface area (Å²) < 4.78 is 7.43. The van der Waals surface area contributed by atoms with Gasteiger partial charge < -0.3 is 9.30 Å². The average Bonchev–Trinajstić information content (AvgIpc) is 3.34. The highest BCUT2D eigenvalue weighted by atomic mass is 35.5. The first-order chi connectivity index (χ1) is 15.1. The van der Waals surface area contributed by atoms with Crippen LogP contribution in [0.2, 0.25) is 5.02 Å². The van der Waals surface area contributed by atoms with Gasteiger partial charge in [0.1, 0.15) is 5.75 Å². The minimum absolute atomic E-state index is 0.429. The van der Waals surface area contributed by atoms with Gasteiger partial charge in [0.2, 0.25) is 0 Å². The molecule has 0 saturated carbocycles. The number of ether oxygens (including phenoxy) is 1. The summed E-state index contributed by atoms with van der Waals surface area (Å²) in [5.41, 5.74) is 3.55. The number of carbonyl (C=O) groups is 1. The van der Waals surface area contributed by atoms with E-state index in [-0.39, 0.29) is 0 Å². The van der Waals surface area contributed by atoms with Gasteiger partial charge >= 0.3 is 5.97 Å². The molecular formula is C26H17ClN2O2. The quantitative estimate of drug-likeness (QED) is 0.161. The molecule has 0 bridgehead atoms. The molecule has 0 radical (unpaired) electrons. The minimum atomic E-state index is -0.429. The SMILES string of the molecule is N#C/C(=C/c1ccc(OC(=O)c2ccc(-n3cccc3)cc2)cc1)c1ccc(Cl)cc1. The molecule has 0 spiro atoms. The van der Waals surface area contributed by atoms with Crippen LogP contribution in [0, 0.1) is 11.3 Å². The van der Waals surface area contributed by atoms with E-state index in [1.807, 2.05) is 41.2 Å². The molecule has 31 heavy (non-hydrogen) atoms. The number of aromatic nitrogens is 1. The molecule has 0 unspecified atom stereocenters. The van der Waals surface area contributed by atoms with Crippen molar-refractivity contribution in [1.29, 1.82) is 5.26 Å². The van der Waals surface area contributed by atoms with E-state index >= 15 is 0 Å². The standard InChI is InChI=1S/C26H17ClN2O2/c27-23-9-5-20(6-10-23)22(18-28)17-19-3-13-25(14-4-19)31-26(30)21-7-11-24(12-8-21)29-15-1-2-16-29/h1-17H/b22-17-. The van der Waals surface area contributed by atoms with Crippen molar-refractivity contribution in [1.82, 2.24) is 4.57 Å². The predicted molar refractivity (Wildman–Crippen MR) is 122 cm³/mol. The molecule has 4 aromatic rings. The van der Waals surface area contributed by atoms with Gasteiger partial charge in [-0.15, -0.1) is 0 Å². The number of allylic oxidation sites excluding steroid dienone is 1. The number of rotatable bonds is 5. The van der Waals surface area contributed by atoms with Crippen molar-refractivity contribution in [3.05, 3.63) is 119 Å². The van der Waals surface area contributed by atoms with E-state index in [4.69, 9.17) is 16.3 Å². The maximum Gasteiger partial charge on any atom is 0.343 e. The summed E-state index contributed by atoms with van der Waals surface area (Å²) in [6, 6.07) is 27.4. The van der Waals surface area contributed by atoms with Gasteiger partial charge in [0.25, 0.3) is 0 Å². The minimum Gasteiger partial charge on any atom is -0.423 e. The lowest BCUT2D eigenvalue weighted by atomic mass is 10.0. The van der Waals surface area contributed by atoms with Crippen molar-refractivity contribution in [2.45, 2.75) is 0 Å². The van der Waals surface area contributed by atoms with Gasteiger partial charge in [-0.05, 0) is 77.9 Å². The van der Waals surface area contributed by atoms with E-state index in [0.717, 1.165) is 16.8 Å². The van der Waals surface area contributed by atoms with Crippen molar-refractivity contribution in [2.75, 3.05) is 0 Å². The van der Waals surface area contributed by atoms with Crippen LogP contribution in [-0.4, -0.2) is 10.5 Å². The molecule has 150 valence electrons. The number of halogens is 1. The van der Waals surface area contributed by atoms with E-state index in [1.165, 1.54) is 0 Å². The lowest BCUT2D eigenvalue weighted by molar-refractivity contribution is 0.0735. The molecule has 0 saturated heterocycles. The zero-order chi connectivity index (χ0) is 21.6. The Hall–Kier alpha value is -4.07. The fraction of sp³-hybridized carbons (Fsp3) is 0. The maximum absolute atomic E-state index is 12.4. The van der Waals surface area contributed by atoms with Gasteiger partial charge in [-0.2, -0.15) is 5.26 Å². The highest BCUT2D eigenvalue weighted by molar-refractivity contribution is 6.30. The number of esters is 1. The Labute approximate surface area is 185 Å². The molecule has 5 heteroatoms. The van der Waals surface area contributed by atoms with Crippen LogP contribution in [0.15, 0.2) is 97.3 Å². The Balaban J connectivity index is 1.45. The van der Waals surface area contributed by atoms with Crippen LogP contribution >= 0.6 is 11.6 Å². The molecular weight excluding hydrogens is 408 g/mol. The normalized spacial score (nSPS) is 11.0. The van der Waals surface area contributed by atoms with Gasteiger partial charge in [-0.25, -0.2) is 4.79 Å². The van der Waals surface area contributed by atoms with Crippen LogP contribution in [0.3, 0.4) is 0 Å². The number of carbonyl (C=O) groups excluding carboxylic acids is 1. The molecule has 4 nitrogen and oxygen atoms in total. The summed E-state index contributed by atoms with van der Waals surface area (Å²) in [4.78, 5) is 12.4. The third-order valence-corrected chi connectivity index (χ3v) is 4.93. The van der Waals surface area contributed by atoms with Crippen molar-refractivity contribution < 1.29 is 9.53 Å². The fourth-order valence-corrected chi connectivity index (χ4v) is 3.18. The highest BCUT2D eigenvalue weighted by Crippen LogP contribution is 2.22. The van der Waals surface area contributed by atoms with Crippen molar-refractivity contribution in [3.63, 3.8) is 0 Å². The van der Waals surface area contributed by atoms with E-state index in [2.05, 4.69) is 6.07 Å². The number of nitriles is 1.